The molecule has 9 heteroatoms. The van der Waals surface area contributed by atoms with Crippen LogP contribution >= 0.6 is 0 Å². The number of nitrogens with zero attached hydrogens (tertiary/aromatic N) is 1. The maximum atomic E-state index is 13.0. The van der Waals surface area contributed by atoms with E-state index in [2.05, 4.69) is 34.9 Å². The zero-order valence-corrected chi connectivity index (χ0v) is 22.7. The molecule has 0 saturated carbocycles. The van der Waals surface area contributed by atoms with Gasteiger partial charge in [0.1, 0.15) is 24.6 Å². The number of methoxy groups -OCH3 is 1. The number of hydrogen-bond acceptors (Lipinski definition) is 6. The summed E-state index contributed by atoms with van der Waals surface area (Å²) < 4.78 is 17.1. The molecular weight excluding hydrogens is 522 g/mol. The first kappa shape index (κ1) is 27.3. The van der Waals surface area contributed by atoms with Gasteiger partial charge in [0.05, 0.1) is 19.4 Å². The quantitative estimate of drug-likeness (QED) is 0.203. The van der Waals surface area contributed by atoms with E-state index in [9.17, 15) is 14.4 Å². The molecule has 41 heavy (non-hydrogen) atoms. The van der Waals surface area contributed by atoms with Crippen molar-refractivity contribution in [3.63, 3.8) is 0 Å². The zero-order chi connectivity index (χ0) is 28.8. The molecule has 1 heterocycles. The highest BCUT2D eigenvalue weighted by atomic mass is 16.5. The Hall–Kier alpha value is -5.31. The van der Waals surface area contributed by atoms with Gasteiger partial charge >= 0.3 is 6.03 Å². The molecule has 2 N–H and O–H groups in total. The van der Waals surface area contributed by atoms with Gasteiger partial charge in [0.25, 0.3) is 5.91 Å². The van der Waals surface area contributed by atoms with E-state index in [1.54, 1.807) is 42.5 Å². The molecule has 0 atom stereocenters. The Labute approximate surface area is 237 Å². The normalized spacial score (nSPS) is 13.8. The summed E-state index contributed by atoms with van der Waals surface area (Å²) in [5, 5.41) is 7.50. The van der Waals surface area contributed by atoms with Gasteiger partial charge in [-0.2, -0.15) is 0 Å². The van der Waals surface area contributed by atoms with E-state index in [0.717, 1.165) is 21.2 Å². The summed E-state index contributed by atoms with van der Waals surface area (Å²) in [5.74, 6) is 0.380. The summed E-state index contributed by atoms with van der Waals surface area (Å²) in [6.07, 6.45) is 1.54. The number of fused-ring (bicyclic) bond motifs is 1. The molecule has 0 bridgehead atoms. The summed E-state index contributed by atoms with van der Waals surface area (Å²) >= 11 is 0. The van der Waals surface area contributed by atoms with E-state index in [1.165, 1.54) is 13.2 Å². The van der Waals surface area contributed by atoms with E-state index >= 15 is 0 Å². The van der Waals surface area contributed by atoms with Gasteiger partial charge in [0.15, 0.2) is 11.5 Å². The largest absolute Gasteiger partial charge is 0.495 e. The van der Waals surface area contributed by atoms with E-state index < -0.39 is 24.4 Å². The summed E-state index contributed by atoms with van der Waals surface area (Å²) in [6, 6.07) is 25.8. The number of rotatable bonds is 10. The first-order valence-corrected chi connectivity index (χ1v) is 13.1. The number of anilines is 1. The molecule has 0 aliphatic carbocycles. The first-order valence-electron chi connectivity index (χ1n) is 13.1. The Kier molecular flexibility index (Phi) is 8.15. The lowest BCUT2D eigenvalue weighted by atomic mass is 10.1. The first-order chi connectivity index (χ1) is 19.9. The van der Waals surface area contributed by atoms with Gasteiger partial charge in [-0.25, -0.2) is 9.69 Å². The molecule has 4 aromatic rings. The third-order valence-corrected chi connectivity index (χ3v) is 6.43. The van der Waals surface area contributed by atoms with Crippen LogP contribution in [0.3, 0.4) is 0 Å². The number of urea groups is 1. The lowest BCUT2D eigenvalue weighted by Crippen LogP contribution is -2.38. The molecule has 9 nitrogen and oxygen atoms in total. The highest BCUT2D eigenvalue weighted by molar-refractivity contribution is 6.16. The maximum absolute atomic E-state index is 13.0. The average molecular weight is 552 g/mol. The Morgan fingerprint density at radius 3 is 2.46 bits per heavy atom. The molecule has 1 saturated heterocycles. The van der Waals surface area contributed by atoms with E-state index in [4.69, 9.17) is 14.2 Å². The molecule has 0 aromatic heterocycles. The van der Waals surface area contributed by atoms with Crippen molar-refractivity contribution in [2.24, 2.45) is 0 Å². The minimum absolute atomic E-state index is 0.0485. The zero-order valence-electron chi connectivity index (χ0n) is 22.7. The summed E-state index contributed by atoms with van der Waals surface area (Å²) in [5.41, 5.74) is 2.13. The third-order valence-electron chi connectivity index (χ3n) is 6.43. The summed E-state index contributed by atoms with van der Waals surface area (Å²) in [6.45, 7) is 2.18. The van der Waals surface area contributed by atoms with Crippen molar-refractivity contribution >= 4 is 40.4 Å². The van der Waals surface area contributed by atoms with Gasteiger partial charge < -0.3 is 24.8 Å². The fourth-order valence-corrected chi connectivity index (χ4v) is 4.45. The van der Waals surface area contributed by atoms with E-state index in [0.29, 0.717) is 41.7 Å². The van der Waals surface area contributed by atoms with Crippen LogP contribution in [0.1, 0.15) is 18.1 Å². The van der Waals surface area contributed by atoms with Crippen LogP contribution < -0.4 is 24.8 Å². The summed E-state index contributed by atoms with van der Waals surface area (Å²) in [4.78, 5) is 38.9. The molecular formula is C32H29N3O6. The minimum atomic E-state index is -0.684. The lowest BCUT2D eigenvalue weighted by molar-refractivity contribution is -0.127. The Balaban J connectivity index is 1.27. The number of carbonyl (C=O) groups is 3. The van der Waals surface area contributed by atoms with E-state index in [-0.39, 0.29) is 5.70 Å². The van der Waals surface area contributed by atoms with Gasteiger partial charge in [-0.1, -0.05) is 54.6 Å². The van der Waals surface area contributed by atoms with Crippen LogP contribution in [0.4, 0.5) is 10.5 Å². The van der Waals surface area contributed by atoms with E-state index in [1.807, 2.05) is 25.1 Å². The number of amides is 4. The Morgan fingerprint density at radius 2 is 1.66 bits per heavy atom. The van der Waals surface area contributed by atoms with Crippen molar-refractivity contribution in [3.8, 4) is 17.2 Å². The predicted octanol–water partition coefficient (Wildman–Crippen LogP) is 5.36. The van der Waals surface area contributed by atoms with Crippen molar-refractivity contribution in [2.75, 3.05) is 25.6 Å². The second-order valence-electron chi connectivity index (χ2n) is 9.24. The third kappa shape index (κ3) is 6.30. The molecule has 5 rings (SSSR count). The molecule has 1 fully saturated rings. The number of imide groups is 1. The van der Waals surface area contributed by atoms with Gasteiger partial charge in [-0.3, -0.25) is 9.59 Å². The van der Waals surface area contributed by atoms with Crippen LogP contribution in [-0.4, -0.2) is 43.0 Å². The Bertz CT molecular complexity index is 1650. The number of hydrogen-bond donors (Lipinski definition) is 2. The second-order valence-corrected chi connectivity index (χ2v) is 9.24. The van der Waals surface area contributed by atoms with Crippen LogP contribution in [0.25, 0.3) is 16.8 Å². The average Bonchev–Trinajstić information content (AvgIpc) is 3.24. The molecule has 0 unspecified atom stereocenters. The van der Waals surface area contributed by atoms with Gasteiger partial charge in [-0.15, -0.1) is 0 Å². The fraction of sp³-hybridized carbons (Fsp3) is 0.156. The number of nitrogens with one attached hydrogen (secondary N) is 2. The standard InChI is InChI=1S/C32H29N3O6/c1-3-40-29-18-21(13-15-28(29)41-20-22-12-14-23-8-4-5-9-24(23)16-22)17-26-31(37)35(32(38)34-26)19-30(36)33-25-10-6-7-11-27(25)39-2/h4-18H,3,19-20H2,1-2H3,(H,33,36)(H,34,38)/b26-17+. The highest BCUT2D eigenvalue weighted by Crippen LogP contribution is 2.31. The van der Waals surface area contributed by atoms with Gasteiger partial charge in [0.2, 0.25) is 5.91 Å². The van der Waals surface area contributed by atoms with Crippen molar-refractivity contribution < 1.29 is 28.6 Å². The van der Waals surface area contributed by atoms with Crippen molar-refractivity contribution in [2.45, 2.75) is 13.5 Å². The SMILES string of the molecule is CCOc1cc(/C=C2/NC(=O)N(CC(=O)Nc3ccccc3OC)C2=O)ccc1OCc1ccc2ccccc2c1. The Morgan fingerprint density at radius 1 is 0.878 bits per heavy atom. The number of ether oxygens (including phenoxy) is 3. The van der Waals surface area contributed by atoms with Crippen LogP contribution in [0.2, 0.25) is 0 Å². The van der Waals surface area contributed by atoms with Crippen LogP contribution in [0, 0.1) is 0 Å². The highest BCUT2D eigenvalue weighted by Gasteiger charge is 2.35. The number of carbonyl (C=O) groups excluding carboxylic acids is 3. The summed E-state index contributed by atoms with van der Waals surface area (Å²) in [7, 11) is 1.49. The van der Waals surface area contributed by atoms with Gasteiger partial charge in [-0.05, 0) is 65.2 Å². The van der Waals surface area contributed by atoms with Crippen molar-refractivity contribution in [3.05, 3.63) is 102 Å². The monoisotopic (exact) mass is 551 g/mol. The molecule has 208 valence electrons. The fourth-order valence-electron chi connectivity index (χ4n) is 4.45. The van der Waals surface area contributed by atoms with Crippen LogP contribution in [0.15, 0.2) is 90.6 Å². The predicted molar refractivity (Wildman–Crippen MR) is 156 cm³/mol. The molecule has 0 radical (unpaired) electrons. The van der Waals surface area contributed by atoms with Crippen molar-refractivity contribution in [1.29, 1.82) is 0 Å². The smallest absolute Gasteiger partial charge is 0.329 e. The van der Waals surface area contributed by atoms with Crippen LogP contribution in [0.5, 0.6) is 17.2 Å². The van der Waals surface area contributed by atoms with Crippen LogP contribution in [-0.2, 0) is 16.2 Å². The molecule has 1 aliphatic heterocycles. The number of benzene rings is 4. The minimum Gasteiger partial charge on any atom is -0.495 e. The lowest BCUT2D eigenvalue weighted by Gasteiger charge is -2.14. The molecule has 1 aliphatic rings. The van der Waals surface area contributed by atoms with Crippen molar-refractivity contribution in [1.82, 2.24) is 10.2 Å². The second kappa shape index (κ2) is 12.3. The molecule has 0 spiro atoms. The maximum Gasteiger partial charge on any atom is 0.329 e. The molecule has 4 amide bonds. The van der Waals surface area contributed by atoms with Gasteiger partial charge in [0, 0.05) is 0 Å². The molecule has 4 aromatic carbocycles. The topological polar surface area (TPSA) is 106 Å². The number of para-hydroxylation sites is 2.